The first kappa shape index (κ1) is 10.8. The average Bonchev–Trinajstić information content (AvgIpc) is 2.75. The van der Waals surface area contributed by atoms with Crippen LogP contribution in [0.5, 0.6) is 0 Å². The molecule has 0 radical (unpaired) electrons. The minimum atomic E-state index is 0.135. The van der Waals surface area contributed by atoms with Gasteiger partial charge in [-0.25, -0.2) is 4.98 Å². The van der Waals surface area contributed by atoms with Crippen LogP contribution in [0.2, 0.25) is 0 Å². The largest absolute Gasteiger partial charge is 0.314 e. The number of hydrogen-bond acceptors (Lipinski definition) is 4. The van der Waals surface area contributed by atoms with Gasteiger partial charge in [0.05, 0.1) is 15.6 Å². The topological polar surface area (TPSA) is 42.0 Å². The normalized spacial score (nSPS) is 20.8. The molecule has 1 aliphatic rings. The van der Waals surface area contributed by atoms with Gasteiger partial charge in [-0.1, -0.05) is 0 Å². The lowest BCUT2D eigenvalue weighted by atomic mass is 10.2. The molecule has 1 aliphatic heterocycles. The second-order valence-electron chi connectivity index (χ2n) is 4.08. The zero-order valence-electron chi connectivity index (χ0n) is 9.17. The van der Waals surface area contributed by atoms with Crippen LogP contribution in [0, 0.1) is 6.92 Å². The van der Waals surface area contributed by atoms with Crippen molar-refractivity contribution in [3.63, 3.8) is 0 Å². The molecule has 3 nitrogen and oxygen atoms in total. The third kappa shape index (κ3) is 2.44. The van der Waals surface area contributed by atoms with Crippen molar-refractivity contribution in [2.75, 3.05) is 6.54 Å². The highest BCUT2D eigenvalue weighted by atomic mass is 32.1. The number of hydrogen-bond donors (Lipinski definition) is 1. The fourth-order valence-electron chi connectivity index (χ4n) is 2.01. The first-order valence-electron chi connectivity index (χ1n) is 5.37. The van der Waals surface area contributed by atoms with Crippen molar-refractivity contribution >= 4 is 17.1 Å². The molecular weight excluding hydrogens is 208 g/mol. The number of carbonyl (C=O) groups is 1. The van der Waals surface area contributed by atoms with E-state index in [0.717, 1.165) is 28.5 Å². The maximum Gasteiger partial charge on any atom is 0.171 e. The van der Waals surface area contributed by atoms with Crippen molar-refractivity contribution in [3.8, 4) is 0 Å². The Morgan fingerprint density at radius 2 is 2.47 bits per heavy atom. The van der Waals surface area contributed by atoms with E-state index in [0.29, 0.717) is 6.04 Å². The van der Waals surface area contributed by atoms with Gasteiger partial charge in [0.15, 0.2) is 5.78 Å². The van der Waals surface area contributed by atoms with E-state index in [4.69, 9.17) is 0 Å². The van der Waals surface area contributed by atoms with Crippen molar-refractivity contribution in [1.82, 2.24) is 10.3 Å². The summed E-state index contributed by atoms with van der Waals surface area (Å²) < 4.78 is 0. The van der Waals surface area contributed by atoms with Crippen molar-refractivity contribution in [3.05, 3.63) is 15.6 Å². The molecule has 1 N–H and O–H groups in total. The van der Waals surface area contributed by atoms with E-state index < -0.39 is 0 Å². The van der Waals surface area contributed by atoms with Gasteiger partial charge in [-0.05, 0) is 26.3 Å². The summed E-state index contributed by atoms with van der Waals surface area (Å²) >= 11 is 1.55. The predicted octanol–water partition coefficient (Wildman–Crippen LogP) is 1.95. The molecule has 0 aromatic carbocycles. The minimum absolute atomic E-state index is 0.135. The highest BCUT2D eigenvalue weighted by Gasteiger charge is 2.18. The summed E-state index contributed by atoms with van der Waals surface area (Å²) in [7, 11) is 0. The van der Waals surface area contributed by atoms with Crippen LogP contribution in [0.3, 0.4) is 0 Å². The van der Waals surface area contributed by atoms with E-state index in [1.54, 1.807) is 18.3 Å². The number of Topliss-reactive ketones (excluding diaryl/α,β-unsaturated/α-hetero) is 1. The van der Waals surface area contributed by atoms with Gasteiger partial charge < -0.3 is 5.32 Å². The van der Waals surface area contributed by atoms with Crippen LogP contribution in [0.25, 0.3) is 0 Å². The Bertz CT molecular complexity index is 367. The van der Waals surface area contributed by atoms with Gasteiger partial charge in [-0.15, -0.1) is 11.3 Å². The Morgan fingerprint density at radius 3 is 3.00 bits per heavy atom. The van der Waals surface area contributed by atoms with E-state index in [9.17, 15) is 4.79 Å². The predicted molar refractivity (Wildman–Crippen MR) is 61.6 cm³/mol. The molecule has 0 amide bonds. The number of nitrogens with zero attached hydrogens (tertiary/aromatic N) is 1. The van der Waals surface area contributed by atoms with Gasteiger partial charge in [-0.3, -0.25) is 4.79 Å². The van der Waals surface area contributed by atoms with Gasteiger partial charge in [0.2, 0.25) is 0 Å². The highest BCUT2D eigenvalue weighted by Crippen LogP contribution is 2.21. The Hall–Kier alpha value is -0.740. The van der Waals surface area contributed by atoms with E-state index in [1.807, 2.05) is 6.92 Å². The molecule has 1 unspecified atom stereocenters. The molecule has 1 atom stereocenters. The maximum absolute atomic E-state index is 11.3. The van der Waals surface area contributed by atoms with Crippen LogP contribution >= 0.6 is 11.3 Å². The molecule has 2 rings (SSSR count). The number of nitrogens with one attached hydrogen (secondary N) is 1. The number of rotatable bonds is 3. The lowest BCUT2D eigenvalue weighted by Crippen LogP contribution is -2.23. The third-order valence-corrected chi connectivity index (χ3v) is 4.02. The fourth-order valence-corrected chi connectivity index (χ4v) is 3.05. The van der Waals surface area contributed by atoms with Crippen molar-refractivity contribution in [1.29, 1.82) is 0 Å². The van der Waals surface area contributed by atoms with Crippen LogP contribution in [0.15, 0.2) is 0 Å². The van der Waals surface area contributed by atoms with Crippen LogP contribution < -0.4 is 5.32 Å². The smallest absolute Gasteiger partial charge is 0.171 e. The molecule has 0 saturated carbocycles. The molecule has 1 saturated heterocycles. The number of aryl methyl sites for hydroxylation is 1. The molecule has 2 heterocycles. The van der Waals surface area contributed by atoms with Gasteiger partial charge in [0.1, 0.15) is 0 Å². The molecule has 15 heavy (non-hydrogen) atoms. The Labute approximate surface area is 93.9 Å². The number of thiazole rings is 1. The second kappa shape index (κ2) is 4.41. The average molecular weight is 224 g/mol. The molecule has 82 valence electrons. The zero-order valence-corrected chi connectivity index (χ0v) is 9.99. The summed E-state index contributed by atoms with van der Waals surface area (Å²) in [6.07, 6.45) is 3.46. The Kier molecular flexibility index (Phi) is 3.17. The number of carbonyl (C=O) groups excluding carboxylic acids is 1. The molecule has 0 bridgehead atoms. The standard InChI is InChI=1S/C11H16N2OS/c1-7-11(8(2)14)15-10(13-7)6-9-4-3-5-12-9/h9,12H,3-6H2,1-2H3. The molecule has 0 aliphatic carbocycles. The number of aromatic nitrogens is 1. The fraction of sp³-hybridized carbons (Fsp3) is 0.636. The van der Waals surface area contributed by atoms with Crippen molar-refractivity contribution < 1.29 is 4.79 Å². The lowest BCUT2D eigenvalue weighted by molar-refractivity contribution is 0.102. The van der Waals surface area contributed by atoms with Crippen molar-refractivity contribution in [2.45, 2.75) is 39.2 Å². The molecular formula is C11H16N2OS. The summed E-state index contributed by atoms with van der Waals surface area (Å²) in [6.45, 7) is 4.64. The summed E-state index contributed by atoms with van der Waals surface area (Å²) in [4.78, 5) is 16.5. The summed E-state index contributed by atoms with van der Waals surface area (Å²) in [5.74, 6) is 0.135. The van der Waals surface area contributed by atoms with E-state index in [-0.39, 0.29) is 5.78 Å². The van der Waals surface area contributed by atoms with Gasteiger partial charge in [0.25, 0.3) is 0 Å². The second-order valence-corrected chi connectivity index (χ2v) is 5.16. The summed E-state index contributed by atoms with van der Waals surface area (Å²) in [5, 5.41) is 4.54. The minimum Gasteiger partial charge on any atom is -0.314 e. The van der Waals surface area contributed by atoms with Crippen LogP contribution in [0.4, 0.5) is 0 Å². The number of ketones is 1. The third-order valence-electron chi connectivity index (χ3n) is 2.74. The SMILES string of the molecule is CC(=O)c1sc(CC2CCCN2)nc1C. The summed E-state index contributed by atoms with van der Waals surface area (Å²) in [5.41, 5.74) is 0.889. The van der Waals surface area contributed by atoms with Crippen LogP contribution in [0.1, 0.15) is 40.1 Å². The van der Waals surface area contributed by atoms with Crippen molar-refractivity contribution in [2.24, 2.45) is 0 Å². The van der Waals surface area contributed by atoms with Gasteiger partial charge >= 0.3 is 0 Å². The maximum atomic E-state index is 11.3. The monoisotopic (exact) mass is 224 g/mol. The quantitative estimate of drug-likeness (QED) is 0.798. The summed E-state index contributed by atoms with van der Waals surface area (Å²) in [6, 6.07) is 0.565. The zero-order chi connectivity index (χ0) is 10.8. The van der Waals surface area contributed by atoms with E-state index >= 15 is 0 Å². The van der Waals surface area contributed by atoms with Gasteiger partial charge in [-0.2, -0.15) is 0 Å². The van der Waals surface area contributed by atoms with Gasteiger partial charge in [0, 0.05) is 19.4 Å². The molecule has 1 aromatic heterocycles. The molecule has 0 spiro atoms. The molecule has 1 aromatic rings. The van der Waals surface area contributed by atoms with Crippen LogP contribution in [-0.4, -0.2) is 23.4 Å². The molecule has 4 heteroatoms. The Balaban J connectivity index is 2.08. The molecule has 1 fully saturated rings. The van der Waals surface area contributed by atoms with E-state index in [1.165, 1.54) is 12.8 Å². The first-order valence-corrected chi connectivity index (χ1v) is 6.19. The highest BCUT2D eigenvalue weighted by molar-refractivity contribution is 7.13. The first-order chi connectivity index (χ1) is 7.16. The lowest BCUT2D eigenvalue weighted by Gasteiger charge is -2.05. The van der Waals surface area contributed by atoms with E-state index in [2.05, 4.69) is 10.3 Å². The Morgan fingerprint density at radius 1 is 1.67 bits per heavy atom. The van der Waals surface area contributed by atoms with Crippen LogP contribution in [-0.2, 0) is 6.42 Å².